The lowest BCUT2D eigenvalue weighted by molar-refractivity contribution is 0.466. The van der Waals surface area contributed by atoms with Crippen molar-refractivity contribution in [3.05, 3.63) is 84.7 Å². The fourth-order valence-electron chi connectivity index (χ4n) is 3.46. The Morgan fingerprint density at radius 2 is 1.42 bits per heavy atom. The van der Waals surface area contributed by atoms with E-state index in [1.165, 1.54) is 5.56 Å². The molecule has 0 saturated heterocycles. The predicted molar refractivity (Wildman–Crippen MR) is 103 cm³/mol. The molecule has 3 aromatic rings. The first-order valence-corrected chi connectivity index (χ1v) is 10.4. The van der Waals surface area contributed by atoms with E-state index in [1.54, 1.807) is 0 Å². The molecule has 3 rings (SSSR count). The second kappa shape index (κ2) is 6.79. The third-order valence-corrected chi connectivity index (χ3v) is 9.61. The number of H-pyrrole nitrogens is 1. The average molecular weight is 336 g/mol. The molecule has 0 bridgehead atoms. The number of aryl methyl sites for hydroxylation is 1. The van der Waals surface area contributed by atoms with Gasteiger partial charge in [-0.05, 0) is 39.9 Å². The summed E-state index contributed by atoms with van der Waals surface area (Å²) in [4.78, 5) is 15.2. The van der Waals surface area contributed by atoms with Crippen LogP contribution in [0.1, 0.15) is 25.8 Å². The summed E-state index contributed by atoms with van der Waals surface area (Å²) < 4.78 is 0. The van der Waals surface area contributed by atoms with Crippen molar-refractivity contribution in [1.29, 1.82) is 0 Å². The van der Waals surface area contributed by atoms with E-state index in [4.69, 9.17) is 0 Å². The predicted octanol–water partition coefficient (Wildman–Crippen LogP) is 3.48. The molecule has 124 valence electrons. The van der Waals surface area contributed by atoms with Crippen molar-refractivity contribution in [2.75, 3.05) is 0 Å². The molecule has 1 heterocycles. The van der Waals surface area contributed by atoms with Crippen molar-refractivity contribution in [1.82, 2.24) is 4.98 Å². The lowest BCUT2D eigenvalue weighted by atomic mass is 10.0. The van der Waals surface area contributed by atoms with Crippen LogP contribution in [0.2, 0.25) is 5.04 Å². The maximum Gasteiger partial charge on any atom is 0.258 e. The number of hydrogen-bond donors (Lipinski definition) is 2. The maximum absolute atomic E-state index is 12.0. The first kappa shape index (κ1) is 16.7. The van der Waals surface area contributed by atoms with Gasteiger partial charge in [0, 0.05) is 12.4 Å². The van der Waals surface area contributed by atoms with Gasteiger partial charge in [0.05, 0.1) is 0 Å². The number of aromatic nitrogens is 1. The number of benzene rings is 2. The van der Waals surface area contributed by atoms with E-state index in [9.17, 15) is 4.80 Å². The topological polar surface area (TPSA) is 36.0 Å². The van der Waals surface area contributed by atoms with Gasteiger partial charge in [0.2, 0.25) is 0 Å². The normalized spacial score (nSPS) is 12.3. The third-order valence-electron chi connectivity index (χ3n) is 5.06. The Kier molecular flexibility index (Phi) is 4.74. The quantitative estimate of drug-likeness (QED) is 0.665. The Labute approximate surface area is 145 Å². The fourth-order valence-corrected chi connectivity index (χ4v) is 7.19. The van der Waals surface area contributed by atoms with Gasteiger partial charge in [0.1, 0.15) is 0 Å². The Morgan fingerprint density at radius 3 is 1.88 bits per heavy atom. The molecule has 0 amide bonds. The number of rotatable bonds is 6. The van der Waals surface area contributed by atoms with Crippen molar-refractivity contribution in [2.45, 2.75) is 31.7 Å². The molecule has 0 aliphatic carbocycles. The van der Waals surface area contributed by atoms with Gasteiger partial charge in [-0.3, -0.25) is 0 Å². The summed E-state index contributed by atoms with van der Waals surface area (Å²) in [7, 11) is -2.87. The van der Waals surface area contributed by atoms with Gasteiger partial charge in [0.25, 0.3) is 8.32 Å². The van der Waals surface area contributed by atoms with Crippen LogP contribution in [0, 0.1) is 0 Å². The van der Waals surface area contributed by atoms with Gasteiger partial charge >= 0.3 is 0 Å². The Morgan fingerprint density at radius 1 is 0.875 bits per heavy atom. The van der Waals surface area contributed by atoms with Crippen LogP contribution in [0.15, 0.2) is 79.1 Å². The molecular weight excluding hydrogens is 310 g/mol. The molecule has 0 aliphatic rings. The van der Waals surface area contributed by atoms with Crippen molar-refractivity contribution in [3.8, 4) is 0 Å². The van der Waals surface area contributed by atoms with Crippen LogP contribution in [0.25, 0.3) is 0 Å². The second-order valence-corrected chi connectivity index (χ2v) is 11.0. The standard InChI is InChI=1S/C21H25NOSi/c1-21(2,15-13-18-14-16-22-17-18)24(23,19-9-5-3-6-10-19)20-11-7-4-8-12-20/h3-12,14,16-17,22-23H,13,15H2,1-2H3. The number of hydrogen-bond acceptors (Lipinski definition) is 1. The summed E-state index contributed by atoms with van der Waals surface area (Å²) in [6.45, 7) is 4.43. The average Bonchev–Trinajstić information content (AvgIpc) is 3.14. The monoisotopic (exact) mass is 335 g/mol. The van der Waals surface area contributed by atoms with Gasteiger partial charge in [-0.25, -0.2) is 0 Å². The lowest BCUT2D eigenvalue weighted by Crippen LogP contribution is -2.65. The molecule has 0 saturated carbocycles. The summed E-state index contributed by atoms with van der Waals surface area (Å²) in [5, 5.41) is 1.97. The molecule has 0 aliphatic heterocycles. The molecule has 0 fully saturated rings. The Bertz CT molecular complexity index is 712. The molecule has 0 radical (unpaired) electrons. The first-order valence-electron chi connectivity index (χ1n) is 8.49. The molecule has 2 N–H and O–H groups in total. The number of nitrogens with one attached hydrogen (secondary N) is 1. The van der Waals surface area contributed by atoms with Crippen molar-refractivity contribution in [3.63, 3.8) is 0 Å². The minimum absolute atomic E-state index is 0.188. The number of aromatic amines is 1. The zero-order valence-electron chi connectivity index (χ0n) is 14.4. The Balaban J connectivity index is 2.00. The van der Waals surface area contributed by atoms with Crippen molar-refractivity contribution >= 4 is 18.7 Å². The molecule has 2 aromatic carbocycles. The van der Waals surface area contributed by atoms with Gasteiger partial charge in [0.15, 0.2) is 0 Å². The minimum Gasteiger partial charge on any atom is -0.424 e. The van der Waals surface area contributed by atoms with Crippen LogP contribution in [0.3, 0.4) is 0 Å². The van der Waals surface area contributed by atoms with Gasteiger partial charge in [-0.2, -0.15) is 0 Å². The van der Waals surface area contributed by atoms with Crippen LogP contribution in [-0.2, 0) is 6.42 Å². The molecule has 1 aromatic heterocycles. The highest BCUT2D eigenvalue weighted by atomic mass is 28.4. The summed E-state index contributed by atoms with van der Waals surface area (Å²) in [5.41, 5.74) is 1.29. The van der Waals surface area contributed by atoms with Gasteiger partial charge in [-0.15, -0.1) is 0 Å². The summed E-state index contributed by atoms with van der Waals surface area (Å²) in [6, 6.07) is 22.6. The Hall–Kier alpha value is -2.10. The highest BCUT2D eigenvalue weighted by Crippen LogP contribution is 2.39. The SMILES string of the molecule is CC(C)(CCc1cc[nH]c1)[Si](O)(c1ccccc1)c1ccccc1. The summed E-state index contributed by atoms with van der Waals surface area (Å²) >= 11 is 0. The highest BCUT2D eigenvalue weighted by Gasteiger charge is 2.49. The summed E-state index contributed by atoms with van der Waals surface area (Å²) in [5.74, 6) is 0. The van der Waals surface area contributed by atoms with E-state index in [-0.39, 0.29) is 5.04 Å². The molecule has 3 heteroatoms. The van der Waals surface area contributed by atoms with Crippen LogP contribution >= 0.6 is 0 Å². The summed E-state index contributed by atoms with van der Waals surface area (Å²) in [6.07, 6.45) is 5.91. The molecule has 0 unspecified atom stereocenters. The van der Waals surface area contributed by atoms with E-state index < -0.39 is 8.32 Å². The van der Waals surface area contributed by atoms with Gasteiger partial charge in [-0.1, -0.05) is 74.5 Å². The van der Waals surface area contributed by atoms with E-state index in [1.807, 2.05) is 48.8 Å². The van der Waals surface area contributed by atoms with E-state index in [2.05, 4.69) is 49.2 Å². The minimum atomic E-state index is -2.87. The molecule has 24 heavy (non-hydrogen) atoms. The van der Waals surface area contributed by atoms with Crippen molar-refractivity contribution < 1.29 is 4.80 Å². The molecular formula is C21H25NOSi. The zero-order chi connectivity index (χ0) is 17.0. The highest BCUT2D eigenvalue weighted by molar-refractivity contribution is 6.98. The van der Waals surface area contributed by atoms with Gasteiger partial charge < -0.3 is 9.78 Å². The van der Waals surface area contributed by atoms with E-state index in [0.29, 0.717) is 0 Å². The zero-order valence-corrected chi connectivity index (χ0v) is 15.4. The molecule has 2 nitrogen and oxygen atoms in total. The van der Waals surface area contributed by atoms with Crippen LogP contribution in [-0.4, -0.2) is 18.1 Å². The van der Waals surface area contributed by atoms with Crippen LogP contribution in [0.4, 0.5) is 0 Å². The first-order chi connectivity index (χ1) is 11.5. The largest absolute Gasteiger partial charge is 0.424 e. The van der Waals surface area contributed by atoms with Crippen molar-refractivity contribution in [2.24, 2.45) is 0 Å². The smallest absolute Gasteiger partial charge is 0.258 e. The van der Waals surface area contributed by atoms with Crippen LogP contribution < -0.4 is 10.4 Å². The lowest BCUT2D eigenvalue weighted by Gasteiger charge is -2.41. The fraction of sp³-hybridized carbons (Fsp3) is 0.238. The molecule has 0 spiro atoms. The molecule has 0 atom stereocenters. The maximum atomic E-state index is 12.0. The third kappa shape index (κ3) is 3.10. The second-order valence-electron chi connectivity index (χ2n) is 7.05. The van der Waals surface area contributed by atoms with E-state index in [0.717, 1.165) is 23.2 Å². The van der Waals surface area contributed by atoms with Crippen LogP contribution in [0.5, 0.6) is 0 Å². The van der Waals surface area contributed by atoms with E-state index >= 15 is 0 Å².